The van der Waals surface area contributed by atoms with Gasteiger partial charge in [-0.25, -0.2) is 4.98 Å². The Hall–Kier alpha value is -1.25. The molecule has 2 rings (SSSR count). The lowest BCUT2D eigenvalue weighted by atomic mass is 10.0. The monoisotopic (exact) mass is 329 g/mol. The van der Waals surface area contributed by atoms with Gasteiger partial charge in [0.25, 0.3) is 0 Å². The maximum atomic E-state index is 11.0. The van der Waals surface area contributed by atoms with Gasteiger partial charge in [0.15, 0.2) is 0 Å². The van der Waals surface area contributed by atoms with Crippen molar-refractivity contribution in [2.45, 2.75) is 18.5 Å². The van der Waals surface area contributed by atoms with E-state index in [1.807, 2.05) is 7.05 Å². The van der Waals surface area contributed by atoms with Gasteiger partial charge < -0.3 is 16.0 Å². The van der Waals surface area contributed by atoms with E-state index in [1.54, 1.807) is 6.07 Å². The normalized spacial score (nSPS) is 24.2. The highest BCUT2D eigenvalue weighted by Gasteiger charge is 2.25. The summed E-state index contributed by atoms with van der Waals surface area (Å²) >= 11 is 3.23. The van der Waals surface area contributed by atoms with E-state index < -0.39 is 4.92 Å². The summed E-state index contributed by atoms with van der Waals surface area (Å²) in [6.45, 7) is 1.66. The van der Waals surface area contributed by atoms with Gasteiger partial charge in [-0.3, -0.25) is 10.1 Å². The zero-order chi connectivity index (χ0) is 14.0. The highest BCUT2D eigenvalue weighted by Crippen LogP contribution is 2.27. The van der Waals surface area contributed by atoms with E-state index in [4.69, 9.17) is 5.73 Å². The highest BCUT2D eigenvalue weighted by molar-refractivity contribution is 9.10. The largest absolute Gasteiger partial charge is 0.375 e. The lowest BCUT2D eigenvalue weighted by Crippen LogP contribution is -2.50. The molecule has 104 valence electrons. The van der Waals surface area contributed by atoms with Crippen LogP contribution >= 0.6 is 15.9 Å². The molecule has 19 heavy (non-hydrogen) atoms. The molecule has 0 saturated carbocycles. The predicted octanol–water partition coefficient (Wildman–Crippen LogP) is 1.20. The maximum Gasteiger partial charge on any atom is 0.310 e. The molecule has 0 aliphatic carbocycles. The number of nitrogens with zero attached hydrogens (tertiary/aromatic N) is 3. The van der Waals surface area contributed by atoms with Crippen molar-refractivity contribution in [3.05, 3.63) is 27.0 Å². The molecule has 0 spiro atoms. The molecule has 1 saturated heterocycles. The topological polar surface area (TPSA) is 97.3 Å². The lowest BCUT2D eigenvalue weighted by molar-refractivity contribution is -0.384. The molecule has 2 unspecified atom stereocenters. The van der Waals surface area contributed by atoms with Gasteiger partial charge >= 0.3 is 5.69 Å². The van der Waals surface area contributed by atoms with Crippen molar-refractivity contribution in [3.63, 3.8) is 0 Å². The smallest absolute Gasteiger partial charge is 0.310 e. The molecule has 8 heteroatoms. The number of aromatic nitrogens is 1. The molecule has 1 aliphatic heterocycles. The second-order valence-electron chi connectivity index (χ2n) is 4.84. The summed E-state index contributed by atoms with van der Waals surface area (Å²) in [6.07, 6.45) is 2.04. The summed E-state index contributed by atoms with van der Waals surface area (Å²) in [4.78, 5) is 16.5. The van der Waals surface area contributed by atoms with Gasteiger partial charge in [0.05, 0.1) is 4.92 Å². The molecule has 0 aromatic carbocycles. The van der Waals surface area contributed by atoms with Gasteiger partial charge in [-0.2, -0.15) is 0 Å². The lowest BCUT2D eigenvalue weighted by Gasteiger charge is -2.34. The van der Waals surface area contributed by atoms with Crippen molar-refractivity contribution in [3.8, 4) is 0 Å². The van der Waals surface area contributed by atoms with Gasteiger partial charge in [-0.1, -0.05) is 0 Å². The Bertz CT molecular complexity index is 474. The highest BCUT2D eigenvalue weighted by atomic mass is 79.9. The Balaban J connectivity index is 2.18. The number of nitro groups is 1. The summed E-state index contributed by atoms with van der Waals surface area (Å²) in [5.41, 5.74) is 6.41. The minimum atomic E-state index is -0.436. The fraction of sp³-hybridized carbons (Fsp3) is 0.545. The van der Waals surface area contributed by atoms with Crippen LogP contribution < -0.4 is 11.1 Å². The number of likely N-dealkylation sites (tertiary alicyclic amines) is 1. The van der Waals surface area contributed by atoms with Gasteiger partial charge in [0.1, 0.15) is 16.5 Å². The van der Waals surface area contributed by atoms with Crippen molar-refractivity contribution < 1.29 is 4.92 Å². The number of piperidine rings is 1. The summed E-state index contributed by atoms with van der Waals surface area (Å²) in [5, 5.41) is 14.2. The number of anilines is 1. The summed E-state index contributed by atoms with van der Waals surface area (Å²) in [7, 11) is 1.99. The average molecular weight is 330 g/mol. The Morgan fingerprint density at radius 1 is 1.63 bits per heavy atom. The molecule has 2 heterocycles. The van der Waals surface area contributed by atoms with Crippen molar-refractivity contribution >= 4 is 27.3 Å². The molecule has 0 radical (unpaired) electrons. The van der Waals surface area contributed by atoms with Crippen molar-refractivity contribution in [2.75, 3.05) is 25.5 Å². The molecule has 0 bridgehead atoms. The minimum Gasteiger partial charge on any atom is -0.375 e. The third kappa shape index (κ3) is 3.62. The molecule has 1 aromatic rings. The fourth-order valence-corrected chi connectivity index (χ4v) is 2.71. The zero-order valence-corrected chi connectivity index (χ0v) is 12.1. The number of nitrogens with two attached hydrogens (primary N) is 1. The average Bonchev–Trinajstić information content (AvgIpc) is 2.26. The van der Waals surface area contributed by atoms with Crippen molar-refractivity contribution in [1.82, 2.24) is 9.88 Å². The molecule has 3 N–H and O–H groups in total. The quantitative estimate of drug-likeness (QED) is 0.491. The molecule has 1 fully saturated rings. The summed E-state index contributed by atoms with van der Waals surface area (Å²) in [6, 6.07) is 1.81. The number of pyridine rings is 1. The predicted molar refractivity (Wildman–Crippen MR) is 76.1 cm³/mol. The maximum absolute atomic E-state index is 11.0. The van der Waals surface area contributed by atoms with E-state index in [0.717, 1.165) is 19.5 Å². The van der Waals surface area contributed by atoms with E-state index in [2.05, 4.69) is 31.1 Å². The van der Waals surface area contributed by atoms with E-state index in [0.29, 0.717) is 10.3 Å². The Morgan fingerprint density at radius 3 is 3.00 bits per heavy atom. The van der Waals surface area contributed by atoms with Crippen LogP contribution in [0.3, 0.4) is 0 Å². The van der Waals surface area contributed by atoms with Crippen LogP contribution in [-0.4, -0.2) is 47.0 Å². The summed E-state index contributed by atoms with van der Waals surface area (Å²) < 4.78 is 0.564. The number of rotatable bonds is 3. The van der Waals surface area contributed by atoms with Gasteiger partial charge in [0.2, 0.25) is 0 Å². The molecule has 1 aromatic heterocycles. The van der Waals surface area contributed by atoms with Crippen LogP contribution in [0.1, 0.15) is 6.42 Å². The number of likely N-dealkylation sites (N-methyl/N-ethyl adjacent to an activating group) is 1. The van der Waals surface area contributed by atoms with Crippen LogP contribution in [-0.2, 0) is 0 Å². The van der Waals surface area contributed by atoms with Gasteiger partial charge in [-0.15, -0.1) is 0 Å². The fourth-order valence-electron chi connectivity index (χ4n) is 2.37. The Kier molecular flexibility index (Phi) is 4.33. The number of halogens is 1. The third-order valence-electron chi connectivity index (χ3n) is 3.07. The summed E-state index contributed by atoms with van der Waals surface area (Å²) in [5.74, 6) is 0. The van der Waals surface area contributed by atoms with E-state index >= 15 is 0 Å². The molecule has 0 amide bonds. The number of hydrogen-bond acceptors (Lipinski definition) is 6. The minimum absolute atomic E-state index is 0.0232. The first-order chi connectivity index (χ1) is 8.95. The SMILES string of the molecule is CN1CC(N)CC(Nc2cc(Br)ncc2[N+](=O)[O-])C1. The first-order valence-corrected chi connectivity index (χ1v) is 6.75. The van der Waals surface area contributed by atoms with E-state index in [9.17, 15) is 10.1 Å². The van der Waals surface area contributed by atoms with Crippen LogP contribution in [0.5, 0.6) is 0 Å². The number of nitrogens with one attached hydrogen (secondary N) is 1. The van der Waals surface area contributed by atoms with Crippen LogP contribution in [0.4, 0.5) is 11.4 Å². The van der Waals surface area contributed by atoms with Crippen LogP contribution in [0.25, 0.3) is 0 Å². The standard InChI is InChI=1S/C11H16BrN5O2/c1-16-5-7(13)2-8(6-16)15-9-3-11(12)14-4-10(9)17(18)19/h3-4,7-8H,2,5-6,13H2,1H3,(H,14,15). The second kappa shape index (κ2) is 5.81. The molecular weight excluding hydrogens is 314 g/mol. The van der Waals surface area contributed by atoms with Crippen molar-refractivity contribution in [2.24, 2.45) is 5.73 Å². The molecular formula is C11H16BrN5O2. The third-order valence-corrected chi connectivity index (χ3v) is 3.51. The first-order valence-electron chi connectivity index (χ1n) is 5.96. The van der Waals surface area contributed by atoms with Crippen LogP contribution in [0.2, 0.25) is 0 Å². The second-order valence-corrected chi connectivity index (χ2v) is 5.65. The van der Waals surface area contributed by atoms with Crippen molar-refractivity contribution in [1.29, 1.82) is 0 Å². The Labute approximate surface area is 119 Å². The Morgan fingerprint density at radius 2 is 2.37 bits per heavy atom. The van der Waals surface area contributed by atoms with Gasteiger partial charge in [-0.05, 0) is 29.4 Å². The van der Waals surface area contributed by atoms with Gasteiger partial charge in [0, 0.05) is 31.2 Å². The molecule has 1 aliphatic rings. The molecule has 7 nitrogen and oxygen atoms in total. The molecule has 2 atom stereocenters. The van der Waals surface area contributed by atoms with Crippen LogP contribution in [0, 0.1) is 10.1 Å². The number of hydrogen-bond donors (Lipinski definition) is 2. The zero-order valence-electron chi connectivity index (χ0n) is 10.5. The van der Waals surface area contributed by atoms with E-state index in [1.165, 1.54) is 6.20 Å². The van der Waals surface area contributed by atoms with E-state index in [-0.39, 0.29) is 17.8 Å². The van der Waals surface area contributed by atoms with Crippen LogP contribution in [0.15, 0.2) is 16.9 Å². The first kappa shape index (κ1) is 14.2.